The van der Waals surface area contributed by atoms with Gasteiger partial charge >= 0.3 is 0 Å². The smallest absolute Gasteiger partial charge is 0.164 e. The number of rotatable bonds is 4. The van der Waals surface area contributed by atoms with Gasteiger partial charge in [0.1, 0.15) is 11.2 Å². The molecule has 3 heterocycles. The van der Waals surface area contributed by atoms with Gasteiger partial charge < -0.3 is 4.42 Å². The summed E-state index contributed by atoms with van der Waals surface area (Å²) < 4.78 is 8.70. The monoisotopic (exact) mass is 631 g/mol. The predicted octanol–water partition coefficient (Wildman–Crippen LogP) is 12.0. The van der Waals surface area contributed by atoms with Crippen molar-refractivity contribution in [2.75, 3.05) is 0 Å². The zero-order valence-corrected chi connectivity index (χ0v) is 26.4. The lowest BCUT2D eigenvalue weighted by atomic mass is 10.00. The number of hydrogen-bond donors (Lipinski definition) is 0. The van der Waals surface area contributed by atoms with E-state index in [-0.39, 0.29) is 0 Å². The maximum atomic E-state index is 6.25. The zero-order valence-electron chi connectivity index (χ0n) is 25.6. The summed E-state index contributed by atoms with van der Waals surface area (Å²) in [5.41, 5.74) is 6.80. The van der Waals surface area contributed by atoms with Gasteiger partial charge in [-0.3, -0.25) is 0 Å². The van der Waals surface area contributed by atoms with Gasteiger partial charge in [-0.25, -0.2) is 15.0 Å². The highest BCUT2D eigenvalue weighted by Crippen LogP contribution is 2.41. The molecule has 0 aliphatic heterocycles. The minimum atomic E-state index is 0.613. The van der Waals surface area contributed by atoms with Crippen molar-refractivity contribution in [3.63, 3.8) is 0 Å². The topological polar surface area (TPSA) is 51.8 Å². The van der Waals surface area contributed by atoms with Crippen molar-refractivity contribution in [2.45, 2.75) is 0 Å². The van der Waals surface area contributed by atoms with Crippen LogP contribution in [0.1, 0.15) is 0 Å². The van der Waals surface area contributed by atoms with Crippen LogP contribution in [0, 0.1) is 0 Å². The lowest BCUT2D eigenvalue weighted by Crippen LogP contribution is -2.00. The van der Waals surface area contributed by atoms with Crippen LogP contribution in [-0.4, -0.2) is 15.0 Å². The minimum absolute atomic E-state index is 0.613. The van der Waals surface area contributed by atoms with E-state index in [1.165, 1.54) is 36.5 Å². The van der Waals surface area contributed by atoms with Crippen LogP contribution in [-0.2, 0) is 0 Å². The summed E-state index contributed by atoms with van der Waals surface area (Å²) in [5, 5.41) is 6.87. The average molecular weight is 632 g/mol. The lowest BCUT2D eigenvalue weighted by Gasteiger charge is -2.11. The molecule has 224 valence electrons. The van der Waals surface area contributed by atoms with E-state index in [4.69, 9.17) is 19.4 Å². The van der Waals surface area contributed by atoms with Gasteiger partial charge in [0.05, 0.1) is 0 Å². The minimum Gasteiger partial charge on any atom is -0.456 e. The van der Waals surface area contributed by atoms with E-state index in [2.05, 4.69) is 121 Å². The number of benzene rings is 7. The molecule has 0 fully saturated rings. The predicted molar refractivity (Wildman–Crippen MR) is 199 cm³/mol. The Labute approximate surface area is 279 Å². The van der Waals surface area contributed by atoms with Crippen molar-refractivity contribution < 1.29 is 4.42 Å². The molecule has 0 aliphatic carbocycles. The van der Waals surface area contributed by atoms with Gasteiger partial charge in [0.25, 0.3) is 0 Å². The highest BCUT2D eigenvalue weighted by molar-refractivity contribution is 7.25. The Morgan fingerprint density at radius 2 is 1.00 bits per heavy atom. The molecule has 0 amide bonds. The second-order valence-electron chi connectivity index (χ2n) is 12.0. The molecule has 0 atom stereocenters. The number of thiophene rings is 1. The van der Waals surface area contributed by atoms with Crippen LogP contribution in [0.25, 0.3) is 98.2 Å². The molecule has 0 saturated carbocycles. The van der Waals surface area contributed by atoms with E-state index in [1.54, 1.807) is 11.3 Å². The normalized spacial score (nSPS) is 11.8. The van der Waals surface area contributed by atoms with E-state index in [0.29, 0.717) is 17.5 Å². The number of furan rings is 1. The second-order valence-corrected chi connectivity index (χ2v) is 13.1. The number of fused-ring (bicyclic) bond motifs is 7. The summed E-state index contributed by atoms with van der Waals surface area (Å²) >= 11 is 1.79. The third-order valence-electron chi connectivity index (χ3n) is 9.15. The number of aromatic nitrogens is 3. The van der Waals surface area contributed by atoms with Gasteiger partial charge in [-0.1, -0.05) is 121 Å². The van der Waals surface area contributed by atoms with Gasteiger partial charge in [0.15, 0.2) is 17.5 Å². The highest BCUT2D eigenvalue weighted by Gasteiger charge is 2.20. The third-order valence-corrected chi connectivity index (χ3v) is 10.3. The summed E-state index contributed by atoms with van der Waals surface area (Å²) in [6.45, 7) is 0. The van der Waals surface area contributed by atoms with Gasteiger partial charge in [0.2, 0.25) is 0 Å². The highest BCUT2D eigenvalue weighted by atomic mass is 32.1. The maximum absolute atomic E-state index is 6.25. The molecule has 0 radical (unpaired) electrons. The van der Waals surface area contributed by atoms with E-state index >= 15 is 0 Å². The van der Waals surface area contributed by atoms with Crippen molar-refractivity contribution in [1.82, 2.24) is 15.0 Å². The van der Waals surface area contributed by atoms with Gasteiger partial charge in [0, 0.05) is 47.6 Å². The van der Waals surface area contributed by atoms with Crippen molar-refractivity contribution in [1.29, 1.82) is 0 Å². The van der Waals surface area contributed by atoms with Crippen molar-refractivity contribution in [2.24, 2.45) is 0 Å². The Balaban J connectivity index is 1.19. The SMILES string of the molecule is c1ccc2cc(-c3ccc(-c4nc(-c5cccc6oc7ccccc7c56)nc(-c5cccc6sc7ccccc7c56)n4)cc3)ccc2c1. The number of nitrogens with zero attached hydrogens (tertiary/aromatic N) is 3. The summed E-state index contributed by atoms with van der Waals surface area (Å²) in [7, 11) is 0. The molecule has 5 heteroatoms. The fourth-order valence-corrected chi connectivity index (χ4v) is 7.98. The third kappa shape index (κ3) is 4.33. The largest absolute Gasteiger partial charge is 0.456 e. The molecule has 48 heavy (non-hydrogen) atoms. The van der Waals surface area contributed by atoms with E-state index in [1.807, 2.05) is 30.3 Å². The molecule has 0 unspecified atom stereocenters. The molecule has 7 aromatic carbocycles. The van der Waals surface area contributed by atoms with E-state index in [0.717, 1.165) is 44.2 Å². The fraction of sp³-hybridized carbons (Fsp3) is 0. The van der Waals surface area contributed by atoms with Gasteiger partial charge in [-0.15, -0.1) is 11.3 Å². The molecular formula is C43H25N3OS. The Morgan fingerprint density at radius 3 is 1.85 bits per heavy atom. The van der Waals surface area contributed by atoms with Crippen LogP contribution in [0.4, 0.5) is 0 Å². The Hall–Kier alpha value is -6.17. The molecule has 10 rings (SSSR count). The first-order valence-corrected chi connectivity index (χ1v) is 16.8. The number of para-hydroxylation sites is 1. The molecule has 0 spiro atoms. The molecule has 4 nitrogen and oxygen atoms in total. The number of hydrogen-bond acceptors (Lipinski definition) is 5. The van der Waals surface area contributed by atoms with Crippen molar-refractivity contribution >= 4 is 64.2 Å². The fourth-order valence-electron chi connectivity index (χ4n) is 6.85. The lowest BCUT2D eigenvalue weighted by molar-refractivity contribution is 0.669. The first-order valence-electron chi connectivity index (χ1n) is 15.9. The quantitative estimate of drug-likeness (QED) is 0.194. The molecule has 0 N–H and O–H groups in total. The molecule has 3 aromatic heterocycles. The van der Waals surface area contributed by atoms with Crippen LogP contribution in [0.15, 0.2) is 156 Å². The van der Waals surface area contributed by atoms with E-state index < -0.39 is 0 Å². The second kappa shape index (κ2) is 10.7. The van der Waals surface area contributed by atoms with Crippen LogP contribution in [0.3, 0.4) is 0 Å². The van der Waals surface area contributed by atoms with Crippen LogP contribution < -0.4 is 0 Å². The van der Waals surface area contributed by atoms with Crippen LogP contribution in [0.5, 0.6) is 0 Å². The molecule has 0 aliphatic rings. The van der Waals surface area contributed by atoms with Gasteiger partial charge in [-0.05, 0) is 52.2 Å². The zero-order chi connectivity index (χ0) is 31.6. The van der Waals surface area contributed by atoms with Crippen LogP contribution >= 0.6 is 11.3 Å². The summed E-state index contributed by atoms with van der Waals surface area (Å²) in [6, 6.07) is 52.8. The summed E-state index contributed by atoms with van der Waals surface area (Å²) in [5.74, 6) is 1.89. The Bertz CT molecular complexity index is 2720. The standard InChI is InChI=1S/C43H25N3OS/c1-2-10-29-25-30(24-21-26(29)9-1)27-19-22-28(23-20-27)41-44-42(33-13-7-16-36-39(33)31-11-3-5-15-35(31)47-36)46-43(45-41)34-14-8-18-38-40(34)32-12-4-6-17-37(32)48-38/h1-25H. The molecule has 10 aromatic rings. The van der Waals surface area contributed by atoms with Crippen molar-refractivity contribution in [3.05, 3.63) is 152 Å². The Morgan fingerprint density at radius 1 is 0.396 bits per heavy atom. The average Bonchev–Trinajstić information content (AvgIpc) is 3.73. The van der Waals surface area contributed by atoms with Gasteiger partial charge in [-0.2, -0.15) is 0 Å². The molecular weight excluding hydrogens is 607 g/mol. The first-order chi connectivity index (χ1) is 23.8. The summed E-state index contributed by atoms with van der Waals surface area (Å²) in [4.78, 5) is 15.5. The van der Waals surface area contributed by atoms with E-state index in [9.17, 15) is 0 Å². The van der Waals surface area contributed by atoms with Crippen molar-refractivity contribution in [3.8, 4) is 45.3 Å². The molecule has 0 saturated heterocycles. The Kier molecular flexibility index (Phi) is 6.01. The summed E-state index contributed by atoms with van der Waals surface area (Å²) in [6.07, 6.45) is 0. The van der Waals surface area contributed by atoms with Crippen LogP contribution in [0.2, 0.25) is 0 Å². The molecule has 0 bridgehead atoms. The first kappa shape index (κ1) is 27.0. The maximum Gasteiger partial charge on any atom is 0.164 e.